The zero-order valence-electron chi connectivity index (χ0n) is 15.4. The maximum absolute atomic E-state index is 12.6. The number of rotatable bonds is 7. The number of hydrogen-bond acceptors (Lipinski definition) is 8. The zero-order chi connectivity index (χ0) is 20.8. The smallest absolute Gasteiger partial charge is 0.381 e. The van der Waals surface area contributed by atoms with E-state index in [4.69, 9.17) is 4.74 Å². The molecule has 29 heavy (non-hydrogen) atoms. The molecule has 0 radical (unpaired) electrons. The van der Waals surface area contributed by atoms with E-state index in [2.05, 4.69) is 15.5 Å². The SMILES string of the molecule is CCOC(=O)C(=O)/C(=N/Nc1ccc([N+](=O)[O-])cc1)c1ccc2ccccc2n1. The molecule has 1 N–H and O–H groups in total. The van der Waals surface area contributed by atoms with Gasteiger partial charge < -0.3 is 4.74 Å². The van der Waals surface area contributed by atoms with Gasteiger partial charge in [0.05, 0.1) is 28.4 Å². The minimum Gasteiger partial charge on any atom is -0.460 e. The van der Waals surface area contributed by atoms with Gasteiger partial charge in [0.25, 0.3) is 11.5 Å². The number of hydrazone groups is 1. The largest absolute Gasteiger partial charge is 0.460 e. The minimum atomic E-state index is -1.05. The van der Waals surface area contributed by atoms with E-state index in [1.165, 1.54) is 24.3 Å². The maximum Gasteiger partial charge on any atom is 0.381 e. The Kier molecular flexibility index (Phi) is 5.88. The number of nitrogens with zero attached hydrogens (tertiary/aromatic N) is 3. The minimum absolute atomic E-state index is 0.0405. The predicted octanol–water partition coefficient (Wildman–Crippen LogP) is 3.09. The van der Waals surface area contributed by atoms with Crippen molar-refractivity contribution in [1.82, 2.24) is 4.98 Å². The number of hydrogen-bond donors (Lipinski definition) is 1. The lowest BCUT2D eigenvalue weighted by molar-refractivity contribution is -0.384. The van der Waals surface area contributed by atoms with Crippen LogP contribution in [0.2, 0.25) is 0 Å². The Hall–Kier alpha value is -4.14. The molecular weight excluding hydrogens is 376 g/mol. The monoisotopic (exact) mass is 392 g/mol. The van der Waals surface area contributed by atoms with Crippen molar-refractivity contribution < 1.29 is 19.2 Å². The second-order valence-corrected chi connectivity index (χ2v) is 5.81. The third kappa shape index (κ3) is 4.59. The number of pyridine rings is 1. The molecule has 0 saturated heterocycles. The van der Waals surface area contributed by atoms with Crippen molar-refractivity contribution in [3.63, 3.8) is 0 Å². The van der Waals surface area contributed by atoms with Crippen molar-refractivity contribution >= 4 is 39.7 Å². The van der Waals surface area contributed by atoms with Crippen LogP contribution in [0.25, 0.3) is 10.9 Å². The first kappa shape index (κ1) is 19.6. The topological polar surface area (TPSA) is 124 Å². The number of non-ortho nitro benzene ring substituents is 1. The van der Waals surface area contributed by atoms with Gasteiger partial charge in [-0.05, 0) is 31.2 Å². The number of fused-ring (bicyclic) bond motifs is 1. The Morgan fingerprint density at radius 1 is 1.10 bits per heavy atom. The fourth-order valence-corrected chi connectivity index (χ4v) is 2.49. The fraction of sp³-hybridized carbons (Fsp3) is 0.100. The summed E-state index contributed by atoms with van der Waals surface area (Å²) in [6.07, 6.45) is 0. The number of esters is 1. The Bertz CT molecular complexity index is 1110. The molecule has 9 nitrogen and oxygen atoms in total. The zero-order valence-corrected chi connectivity index (χ0v) is 15.4. The number of aromatic nitrogens is 1. The van der Waals surface area contributed by atoms with Crippen molar-refractivity contribution in [2.45, 2.75) is 6.92 Å². The number of ketones is 1. The Morgan fingerprint density at radius 2 is 1.83 bits per heavy atom. The second-order valence-electron chi connectivity index (χ2n) is 5.81. The van der Waals surface area contributed by atoms with E-state index in [-0.39, 0.29) is 23.7 Å². The average molecular weight is 392 g/mol. The van der Waals surface area contributed by atoms with Crippen molar-refractivity contribution in [2.24, 2.45) is 5.10 Å². The standard InChI is InChI=1S/C20H16N4O5/c1-2-29-20(26)19(25)18(17-12-7-13-5-3-4-6-16(13)21-17)23-22-14-8-10-15(11-9-14)24(27)28/h3-12,22H,2H2,1H3/b23-18+. The lowest BCUT2D eigenvalue weighted by Crippen LogP contribution is -2.28. The molecule has 2 aromatic carbocycles. The van der Waals surface area contributed by atoms with Gasteiger partial charge in [0.15, 0.2) is 5.71 Å². The van der Waals surface area contributed by atoms with Gasteiger partial charge in [-0.2, -0.15) is 5.10 Å². The van der Waals surface area contributed by atoms with Gasteiger partial charge in [-0.15, -0.1) is 0 Å². The van der Waals surface area contributed by atoms with Gasteiger partial charge >= 0.3 is 5.97 Å². The van der Waals surface area contributed by atoms with Crippen molar-refractivity contribution in [1.29, 1.82) is 0 Å². The molecule has 0 amide bonds. The molecule has 0 spiro atoms. The molecule has 1 aromatic heterocycles. The summed E-state index contributed by atoms with van der Waals surface area (Å²) in [4.78, 5) is 39.2. The summed E-state index contributed by atoms with van der Waals surface area (Å²) in [6, 6.07) is 16.1. The van der Waals surface area contributed by atoms with Crippen molar-refractivity contribution in [3.05, 3.63) is 76.5 Å². The molecule has 3 rings (SSSR count). The number of para-hydroxylation sites is 1. The van der Waals surface area contributed by atoms with Gasteiger partial charge in [-0.1, -0.05) is 24.3 Å². The molecule has 0 unspecified atom stereocenters. The van der Waals surface area contributed by atoms with Crippen LogP contribution in [0.1, 0.15) is 12.6 Å². The highest BCUT2D eigenvalue weighted by Gasteiger charge is 2.25. The summed E-state index contributed by atoms with van der Waals surface area (Å²) in [6.45, 7) is 1.63. The van der Waals surface area contributed by atoms with Crippen LogP contribution in [0.5, 0.6) is 0 Å². The van der Waals surface area contributed by atoms with Gasteiger partial charge in [0.2, 0.25) is 0 Å². The van der Waals surface area contributed by atoms with E-state index in [0.717, 1.165) is 5.39 Å². The van der Waals surface area contributed by atoms with E-state index in [0.29, 0.717) is 11.2 Å². The number of benzene rings is 2. The van der Waals surface area contributed by atoms with Crippen LogP contribution < -0.4 is 5.43 Å². The molecule has 0 bridgehead atoms. The highest BCUT2D eigenvalue weighted by atomic mass is 16.6. The van der Waals surface area contributed by atoms with Crippen LogP contribution in [-0.4, -0.2) is 34.0 Å². The molecule has 0 saturated carbocycles. The van der Waals surface area contributed by atoms with Crippen LogP contribution in [0.15, 0.2) is 65.8 Å². The number of nitrogens with one attached hydrogen (secondary N) is 1. The highest BCUT2D eigenvalue weighted by Crippen LogP contribution is 2.16. The Balaban J connectivity index is 1.97. The molecule has 0 atom stereocenters. The van der Waals surface area contributed by atoms with Crippen LogP contribution in [0.4, 0.5) is 11.4 Å². The molecule has 0 aliphatic heterocycles. The Labute approximate surface area is 165 Å². The third-order valence-corrected chi connectivity index (χ3v) is 3.89. The Morgan fingerprint density at radius 3 is 2.52 bits per heavy atom. The molecule has 1 heterocycles. The van der Waals surface area contributed by atoms with Crippen LogP contribution in [-0.2, 0) is 14.3 Å². The number of carbonyl (C=O) groups is 2. The summed E-state index contributed by atoms with van der Waals surface area (Å²) in [5.41, 5.74) is 3.53. The molecule has 0 fully saturated rings. The number of anilines is 1. The molecule has 146 valence electrons. The first-order valence-electron chi connectivity index (χ1n) is 8.65. The lowest BCUT2D eigenvalue weighted by atomic mass is 10.1. The van der Waals surface area contributed by atoms with E-state index < -0.39 is 16.7 Å². The third-order valence-electron chi connectivity index (χ3n) is 3.89. The van der Waals surface area contributed by atoms with Gasteiger partial charge in [0.1, 0.15) is 0 Å². The summed E-state index contributed by atoms with van der Waals surface area (Å²) in [5, 5.41) is 15.6. The number of ether oxygens (including phenoxy) is 1. The lowest BCUT2D eigenvalue weighted by Gasteiger charge is -2.07. The summed E-state index contributed by atoms with van der Waals surface area (Å²) in [5.74, 6) is -2.00. The first-order chi connectivity index (χ1) is 14.0. The number of nitro benzene ring substituents is 1. The van der Waals surface area contributed by atoms with Gasteiger partial charge in [-0.3, -0.25) is 20.3 Å². The van der Waals surface area contributed by atoms with Gasteiger partial charge in [-0.25, -0.2) is 9.78 Å². The van der Waals surface area contributed by atoms with Crippen LogP contribution in [0, 0.1) is 10.1 Å². The van der Waals surface area contributed by atoms with E-state index in [1.807, 2.05) is 12.1 Å². The summed E-state index contributed by atoms with van der Waals surface area (Å²) >= 11 is 0. The molecular formula is C20H16N4O5. The van der Waals surface area contributed by atoms with Crippen molar-refractivity contribution in [3.8, 4) is 0 Å². The van der Waals surface area contributed by atoms with E-state index in [1.54, 1.807) is 31.2 Å². The van der Waals surface area contributed by atoms with Crippen LogP contribution in [0.3, 0.4) is 0 Å². The molecule has 9 heteroatoms. The number of carbonyl (C=O) groups excluding carboxylic acids is 2. The van der Waals surface area contributed by atoms with E-state index >= 15 is 0 Å². The van der Waals surface area contributed by atoms with E-state index in [9.17, 15) is 19.7 Å². The number of Topliss-reactive ketones (excluding diaryl/α,β-unsaturated/α-hetero) is 1. The second kappa shape index (κ2) is 8.70. The molecule has 0 aliphatic carbocycles. The van der Waals surface area contributed by atoms with Crippen LogP contribution >= 0.6 is 0 Å². The predicted molar refractivity (Wildman–Crippen MR) is 107 cm³/mol. The van der Waals surface area contributed by atoms with Gasteiger partial charge in [0, 0.05) is 17.5 Å². The normalized spacial score (nSPS) is 11.1. The highest BCUT2D eigenvalue weighted by molar-refractivity contribution is 6.66. The summed E-state index contributed by atoms with van der Waals surface area (Å²) in [7, 11) is 0. The molecule has 3 aromatic rings. The fourth-order valence-electron chi connectivity index (χ4n) is 2.49. The van der Waals surface area contributed by atoms with Crippen molar-refractivity contribution in [2.75, 3.05) is 12.0 Å². The molecule has 0 aliphatic rings. The first-order valence-corrected chi connectivity index (χ1v) is 8.65. The quantitative estimate of drug-likeness (QED) is 0.215. The maximum atomic E-state index is 12.6. The summed E-state index contributed by atoms with van der Waals surface area (Å²) < 4.78 is 4.79. The number of nitro groups is 1. The average Bonchev–Trinajstić information content (AvgIpc) is 2.74.